The van der Waals surface area contributed by atoms with Crippen LogP contribution in [0.5, 0.6) is 0 Å². The van der Waals surface area contributed by atoms with Crippen LogP contribution in [-0.4, -0.2) is 5.71 Å². The van der Waals surface area contributed by atoms with Crippen molar-refractivity contribution in [3.63, 3.8) is 0 Å². The van der Waals surface area contributed by atoms with E-state index in [0.717, 1.165) is 12.1 Å². The summed E-state index contributed by atoms with van der Waals surface area (Å²) in [4.78, 5) is 0. The lowest BCUT2D eigenvalue weighted by molar-refractivity contribution is 0.542. The minimum Gasteiger partial charge on any atom is -0.279 e. The first kappa shape index (κ1) is 11.2. The van der Waals surface area contributed by atoms with Gasteiger partial charge in [-0.1, -0.05) is 39.8 Å². The molecular weight excluding hydrogens is 196 g/mol. The lowest BCUT2D eigenvalue weighted by atomic mass is 9.80. The van der Waals surface area contributed by atoms with Gasteiger partial charge in [0.25, 0.3) is 0 Å². The van der Waals surface area contributed by atoms with Crippen LogP contribution in [0.25, 0.3) is 0 Å². The molecule has 16 heavy (non-hydrogen) atoms. The molecule has 0 amide bonds. The van der Waals surface area contributed by atoms with Crippen LogP contribution in [0, 0.1) is 11.3 Å². The Hall–Kier alpha value is -1.31. The summed E-state index contributed by atoms with van der Waals surface area (Å²) in [6, 6.07) is 8.55. The molecule has 0 fully saturated rings. The van der Waals surface area contributed by atoms with Gasteiger partial charge in [-0.05, 0) is 24.1 Å². The fraction of sp³-hybridized carbons (Fsp3) is 0.500. The average molecular weight is 216 g/mol. The van der Waals surface area contributed by atoms with E-state index in [1.54, 1.807) is 0 Å². The topological polar surface area (TPSA) is 24.4 Å². The van der Waals surface area contributed by atoms with E-state index in [0.29, 0.717) is 5.92 Å². The zero-order valence-corrected chi connectivity index (χ0v) is 10.5. The standard InChI is InChI=1S/C14H20N2/c1-10-9-11-5-7-12(8-6-11)15-16-13(10)14(2,3)4/h5-8,10,15H,9H2,1-4H3. The molecule has 0 spiro atoms. The Balaban J connectivity index is 2.38. The molecule has 2 nitrogen and oxygen atoms in total. The van der Waals surface area contributed by atoms with Gasteiger partial charge >= 0.3 is 0 Å². The van der Waals surface area contributed by atoms with Crippen molar-refractivity contribution in [2.24, 2.45) is 16.4 Å². The van der Waals surface area contributed by atoms with Gasteiger partial charge in [0.2, 0.25) is 0 Å². The SMILES string of the molecule is CC1Cc2ccc(cc2)NN=C1C(C)(C)C. The minimum atomic E-state index is 0.122. The summed E-state index contributed by atoms with van der Waals surface area (Å²) in [6.45, 7) is 8.92. The summed E-state index contributed by atoms with van der Waals surface area (Å²) < 4.78 is 0. The molecule has 2 heteroatoms. The molecule has 1 aromatic rings. The zero-order chi connectivity index (χ0) is 11.8. The van der Waals surface area contributed by atoms with Crippen molar-refractivity contribution < 1.29 is 0 Å². The van der Waals surface area contributed by atoms with Crippen LogP contribution in [0.2, 0.25) is 0 Å². The number of hydrazone groups is 1. The van der Waals surface area contributed by atoms with Crippen molar-refractivity contribution in [2.75, 3.05) is 5.43 Å². The first-order valence-corrected chi connectivity index (χ1v) is 5.90. The number of nitrogens with one attached hydrogen (secondary N) is 1. The molecule has 0 saturated carbocycles. The second kappa shape index (κ2) is 3.93. The number of fused-ring (bicyclic) bond motifs is 5. The number of anilines is 1. The van der Waals surface area contributed by atoms with Gasteiger partial charge in [-0.25, -0.2) is 0 Å². The number of hydrogen-bond acceptors (Lipinski definition) is 2. The smallest absolute Gasteiger partial charge is 0.0561 e. The molecule has 1 aromatic carbocycles. The molecule has 1 atom stereocenters. The highest BCUT2D eigenvalue weighted by atomic mass is 15.3. The first-order chi connectivity index (χ1) is 7.47. The van der Waals surface area contributed by atoms with Crippen LogP contribution in [0.15, 0.2) is 29.4 Å². The number of nitrogens with zero attached hydrogens (tertiary/aromatic N) is 1. The Labute approximate surface area is 97.8 Å². The van der Waals surface area contributed by atoms with Gasteiger partial charge in [-0.3, -0.25) is 5.43 Å². The van der Waals surface area contributed by atoms with E-state index in [-0.39, 0.29) is 5.41 Å². The summed E-state index contributed by atoms with van der Waals surface area (Å²) in [5, 5.41) is 4.59. The second-order valence-electron chi connectivity index (χ2n) is 5.66. The minimum absolute atomic E-state index is 0.122. The largest absolute Gasteiger partial charge is 0.279 e. The van der Waals surface area contributed by atoms with Crippen LogP contribution >= 0.6 is 0 Å². The third-order valence-electron chi connectivity index (χ3n) is 3.04. The van der Waals surface area contributed by atoms with E-state index >= 15 is 0 Å². The molecule has 0 radical (unpaired) electrons. The highest BCUT2D eigenvalue weighted by Gasteiger charge is 2.25. The van der Waals surface area contributed by atoms with E-state index in [4.69, 9.17) is 0 Å². The highest BCUT2D eigenvalue weighted by molar-refractivity contribution is 5.92. The summed E-state index contributed by atoms with van der Waals surface area (Å²) in [5.41, 5.74) is 6.98. The van der Waals surface area contributed by atoms with Gasteiger partial charge in [-0.2, -0.15) is 5.10 Å². The van der Waals surface area contributed by atoms with Crippen LogP contribution in [0.4, 0.5) is 5.69 Å². The van der Waals surface area contributed by atoms with E-state index in [1.807, 2.05) is 0 Å². The van der Waals surface area contributed by atoms with Crippen molar-refractivity contribution in [2.45, 2.75) is 34.1 Å². The van der Waals surface area contributed by atoms with E-state index in [9.17, 15) is 0 Å². The van der Waals surface area contributed by atoms with Gasteiger partial charge in [0.05, 0.1) is 5.69 Å². The Kier molecular flexibility index (Phi) is 2.75. The molecule has 86 valence electrons. The number of benzene rings is 1. The van der Waals surface area contributed by atoms with Crippen LogP contribution in [0.1, 0.15) is 33.3 Å². The summed E-state index contributed by atoms with van der Waals surface area (Å²) >= 11 is 0. The number of hydrogen-bond donors (Lipinski definition) is 1. The van der Waals surface area contributed by atoms with Gasteiger partial charge in [-0.15, -0.1) is 0 Å². The fourth-order valence-electron chi connectivity index (χ4n) is 2.31. The third-order valence-corrected chi connectivity index (χ3v) is 3.04. The molecular formula is C14H20N2. The van der Waals surface area contributed by atoms with Crippen LogP contribution < -0.4 is 5.43 Å². The Morgan fingerprint density at radius 1 is 1.19 bits per heavy atom. The van der Waals surface area contributed by atoms with E-state index < -0.39 is 0 Å². The van der Waals surface area contributed by atoms with E-state index in [2.05, 4.69) is 62.5 Å². The quantitative estimate of drug-likeness (QED) is 0.702. The third kappa shape index (κ3) is 2.26. The molecule has 2 aliphatic rings. The maximum absolute atomic E-state index is 4.59. The molecule has 1 N–H and O–H groups in total. The average Bonchev–Trinajstić information content (AvgIpc) is 2.29. The normalized spacial score (nSPS) is 20.5. The molecule has 0 saturated heterocycles. The van der Waals surface area contributed by atoms with Gasteiger partial charge in [0, 0.05) is 17.0 Å². The molecule has 2 aliphatic heterocycles. The maximum atomic E-state index is 4.59. The Morgan fingerprint density at radius 2 is 1.81 bits per heavy atom. The van der Waals surface area contributed by atoms with Crippen molar-refractivity contribution >= 4 is 11.4 Å². The Morgan fingerprint density at radius 3 is 2.38 bits per heavy atom. The summed E-state index contributed by atoms with van der Waals surface area (Å²) in [5.74, 6) is 0.481. The van der Waals surface area contributed by atoms with Gasteiger partial charge < -0.3 is 0 Å². The van der Waals surface area contributed by atoms with Crippen molar-refractivity contribution in [3.05, 3.63) is 29.8 Å². The summed E-state index contributed by atoms with van der Waals surface area (Å²) in [7, 11) is 0. The second-order valence-corrected chi connectivity index (χ2v) is 5.66. The van der Waals surface area contributed by atoms with E-state index in [1.165, 1.54) is 11.3 Å². The molecule has 1 unspecified atom stereocenters. The van der Waals surface area contributed by atoms with Crippen molar-refractivity contribution in [1.29, 1.82) is 0 Å². The van der Waals surface area contributed by atoms with Gasteiger partial charge in [0.1, 0.15) is 0 Å². The molecule has 2 bridgehead atoms. The molecule has 0 aliphatic carbocycles. The first-order valence-electron chi connectivity index (χ1n) is 5.90. The van der Waals surface area contributed by atoms with Crippen molar-refractivity contribution in [1.82, 2.24) is 0 Å². The van der Waals surface area contributed by atoms with Crippen molar-refractivity contribution in [3.8, 4) is 0 Å². The monoisotopic (exact) mass is 216 g/mol. The van der Waals surface area contributed by atoms with Crippen LogP contribution in [0.3, 0.4) is 0 Å². The van der Waals surface area contributed by atoms with Crippen LogP contribution in [-0.2, 0) is 6.42 Å². The maximum Gasteiger partial charge on any atom is 0.0561 e. The summed E-state index contributed by atoms with van der Waals surface area (Å²) in [6.07, 6.45) is 1.07. The number of rotatable bonds is 0. The fourth-order valence-corrected chi connectivity index (χ4v) is 2.31. The Bertz CT molecular complexity index is 396. The van der Waals surface area contributed by atoms with Gasteiger partial charge in [0.15, 0.2) is 0 Å². The molecule has 2 heterocycles. The molecule has 3 rings (SSSR count). The highest BCUT2D eigenvalue weighted by Crippen LogP contribution is 2.26. The lowest BCUT2D eigenvalue weighted by Crippen LogP contribution is -2.29. The zero-order valence-electron chi connectivity index (χ0n) is 10.5. The lowest BCUT2D eigenvalue weighted by Gasteiger charge is -2.26. The molecule has 0 aromatic heterocycles. The predicted molar refractivity (Wildman–Crippen MR) is 69.8 cm³/mol. The predicted octanol–water partition coefficient (Wildman–Crippen LogP) is 3.69.